The fourth-order valence-electron chi connectivity index (χ4n) is 6.71. The molecule has 2 atom stereocenters. The smallest absolute Gasteiger partial charge is 0.200 e. The average molecular weight is 468 g/mol. The molecule has 1 fully saturated rings. The molecule has 0 radical (unpaired) electrons. The van der Waals surface area contributed by atoms with Crippen molar-refractivity contribution in [3.05, 3.63) is 101 Å². The monoisotopic (exact) mass is 467 g/mol. The highest BCUT2D eigenvalue weighted by Crippen LogP contribution is 2.51. The maximum atomic E-state index is 14.7. The first-order chi connectivity index (χ1) is 17.2. The molecule has 178 valence electrons. The number of piperidine rings is 1. The van der Waals surface area contributed by atoms with Gasteiger partial charge in [0.1, 0.15) is 11.6 Å². The Balaban J connectivity index is 1.21. The zero-order valence-electron chi connectivity index (χ0n) is 19.9. The Morgan fingerprint density at radius 2 is 1.60 bits per heavy atom. The zero-order chi connectivity index (χ0) is 23.4. The standard InChI is InChI=1S/C30H30FN3O/c31-25-13-5-3-11-23(25)26-20-28-24-12-4-6-15-29(24)35-30(34(28)32-26)16-18-33(19-17-30)27-14-7-9-21-8-1-2-10-22(21)27/h1-6,8,10-13,15,27-28H,7,9,14,16-20H2/t27-,28+/m1/s1. The van der Waals surface area contributed by atoms with E-state index in [1.54, 1.807) is 6.07 Å². The minimum absolute atomic E-state index is 0.0801. The third-order valence-electron chi connectivity index (χ3n) is 8.45. The molecule has 3 heterocycles. The van der Waals surface area contributed by atoms with Crippen LogP contribution in [0.2, 0.25) is 0 Å². The fourth-order valence-corrected chi connectivity index (χ4v) is 6.71. The second kappa shape index (κ2) is 8.20. The number of hydrogen-bond donors (Lipinski definition) is 0. The van der Waals surface area contributed by atoms with Crippen LogP contribution in [0.1, 0.15) is 66.4 Å². The van der Waals surface area contributed by atoms with Gasteiger partial charge >= 0.3 is 0 Å². The molecule has 0 amide bonds. The van der Waals surface area contributed by atoms with Crippen LogP contribution in [-0.2, 0) is 6.42 Å². The first-order valence-corrected chi connectivity index (χ1v) is 12.9. The summed E-state index contributed by atoms with van der Waals surface area (Å²) in [4.78, 5) is 2.65. The minimum atomic E-state index is -0.489. The third-order valence-corrected chi connectivity index (χ3v) is 8.45. The van der Waals surface area contributed by atoms with Crippen molar-refractivity contribution in [3.63, 3.8) is 0 Å². The number of halogens is 1. The molecule has 4 nitrogen and oxygen atoms in total. The Labute approximate surface area is 206 Å². The maximum Gasteiger partial charge on any atom is 0.200 e. The number of hydrogen-bond acceptors (Lipinski definition) is 4. The summed E-state index contributed by atoms with van der Waals surface area (Å²) in [6.07, 6.45) is 6.11. The summed E-state index contributed by atoms with van der Waals surface area (Å²) in [5.41, 5.74) is 5.09. The quantitative estimate of drug-likeness (QED) is 0.447. The van der Waals surface area contributed by atoms with Gasteiger partial charge in [0.2, 0.25) is 5.72 Å². The number of hydrazone groups is 1. The second-order valence-electron chi connectivity index (χ2n) is 10.3. The number of benzene rings is 3. The van der Waals surface area contributed by atoms with Crippen LogP contribution in [0, 0.1) is 5.82 Å². The summed E-state index contributed by atoms with van der Waals surface area (Å²) < 4.78 is 21.5. The van der Waals surface area contributed by atoms with E-state index in [1.807, 2.05) is 18.2 Å². The molecule has 35 heavy (non-hydrogen) atoms. The van der Waals surface area contributed by atoms with Crippen molar-refractivity contribution in [1.29, 1.82) is 0 Å². The molecule has 0 unspecified atom stereocenters. The number of rotatable bonds is 2. The van der Waals surface area contributed by atoms with Gasteiger partial charge in [0.05, 0.1) is 11.8 Å². The molecule has 3 aromatic rings. The molecule has 3 aromatic carbocycles. The van der Waals surface area contributed by atoms with Gasteiger partial charge in [0.25, 0.3) is 0 Å². The minimum Gasteiger partial charge on any atom is -0.466 e. The van der Waals surface area contributed by atoms with Crippen LogP contribution >= 0.6 is 0 Å². The Morgan fingerprint density at radius 3 is 2.46 bits per heavy atom. The van der Waals surface area contributed by atoms with E-state index in [0.717, 1.165) is 43.0 Å². The van der Waals surface area contributed by atoms with Crippen molar-refractivity contribution in [2.75, 3.05) is 13.1 Å². The maximum absolute atomic E-state index is 14.7. The molecule has 5 heteroatoms. The van der Waals surface area contributed by atoms with Crippen LogP contribution in [0.5, 0.6) is 5.75 Å². The molecular formula is C30H30FN3O. The topological polar surface area (TPSA) is 28.1 Å². The number of likely N-dealkylation sites (tertiary alicyclic amines) is 1. The van der Waals surface area contributed by atoms with E-state index in [0.29, 0.717) is 18.0 Å². The molecule has 3 aliphatic heterocycles. The number of para-hydroxylation sites is 1. The summed E-state index contributed by atoms with van der Waals surface area (Å²) in [6, 6.07) is 24.8. The molecule has 1 aliphatic carbocycles. The first kappa shape index (κ1) is 21.1. The molecule has 0 bridgehead atoms. The van der Waals surface area contributed by atoms with Crippen LogP contribution in [0.15, 0.2) is 77.9 Å². The molecule has 7 rings (SSSR count). The van der Waals surface area contributed by atoms with E-state index in [1.165, 1.54) is 36.5 Å². The molecule has 0 saturated carbocycles. The lowest BCUT2D eigenvalue weighted by atomic mass is 9.84. The summed E-state index contributed by atoms with van der Waals surface area (Å²) in [5.74, 6) is 0.746. The highest BCUT2D eigenvalue weighted by atomic mass is 19.1. The van der Waals surface area contributed by atoms with Gasteiger partial charge in [-0.25, -0.2) is 9.40 Å². The van der Waals surface area contributed by atoms with Crippen molar-refractivity contribution in [2.45, 2.75) is 56.3 Å². The molecule has 1 saturated heterocycles. The van der Waals surface area contributed by atoms with Gasteiger partial charge < -0.3 is 4.74 Å². The van der Waals surface area contributed by atoms with Gasteiger partial charge in [-0.3, -0.25) is 4.90 Å². The number of fused-ring (bicyclic) bond motifs is 5. The van der Waals surface area contributed by atoms with E-state index in [2.05, 4.69) is 52.4 Å². The molecule has 0 N–H and O–H groups in total. The first-order valence-electron chi connectivity index (χ1n) is 12.9. The van der Waals surface area contributed by atoms with Crippen molar-refractivity contribution >= 4 is 5.71 Å². The number of nitrogens with zero attached hydrogens (tertiary/aromatic N) is 3. The summed E-state index contributed by atoms with van der Waals surface area (Å²) in [7, 11) is 0. The van der Waals surface area contributed by atoms with Gasteiger partial charge in [-0.2, -0.15) is 5.10 Å². The van der Waals surface area contributed by atoms with E-state index in [-0.39, 0.29) is 11.9 Å². The van der Waals surface area contributed by atoms with E-state index in [9.17, 15) is 4.39 Å². The predicted octanol–water partition coefficient (Wildman–Crippen LogP) is 6.24. The molecular weight excluding hydrogens is 437 g/mol. The van der Waals surface area contributed by atoms with Crippen molar-refractivity contribution in [2.24, 2.45) is 5.10 Å². The highest BCUT2D eigenvalue weighted by molar-refractivity contribution is 6.02. The Bertz CT molecular complexity index is 1300. The SMILES string of the molecule is Fc1ccccc1C1=NN2[C@@H](C1)c1ccccc1OC21CCN([C@@H]2CCCc3ccccc32)CC1. The summed E-state index contributed by atoms with van der Waals surface area (Å²) >= 11 is 0. The Hall–Kier alpha value is -3.18. The van der Waals surface area contributed by atoms with Gasteiger partial charge in [-0.05, 0) is 42.5 Å². The van der Waals surface area contributed by atoms with Crippen LogP contribution in [0.4, 0.5) is 4.39 Å². The van der Waals surface area contributed by atoms with Crippen molar-refractivity contribution in [3.8, 4) is 5.75 Å². The van der Waals surface area contributed by atoms with Gasteiger partial charge in [-0.1, -0.05) is 60.7 Å². The molecule has 1 spiro atoms. The van der Waals surface area contributed by atoms with E-state index in [4.69, 9.17) is 9.84 Å². The van der Waals surface area contributed by atoms with Crippen LogP contribution in [0.3, 0.4) is 0 Å². The zero-order valence-corrected chi connectivity index (χ0v) is 19.9. The molecule has 4 aliphatic rings. The van der Waals surface area contributed by atoms with Crippen molar-refractivity contribution in [1.82, 2.24) is 9.91 Å². The van der Waals surface area contributed by atoms with Crippen LogP contribution in [-0.4, -0.2) is 34.4 Å². The number of ether oxygens (including phenoxy) is 1. The van der Waals surface area contributed by atoms with Crippen molar-refractivity contribution < 1.29 is 9.13 Å². The normalized spacial score (nSPS) is 24.8. The summed E-state index contributed by atoms with van der Waals surface area (Å²) in [6.45, 7) is 1.93. The Kier molecular flexibility index (Phi) is 4.95. The summed E-state index contributed by atoms with van der Waals surface area (Å²) in [5, 5.41) is 7.24. The highest BCUT2D eigenvalue weighted by Gasteiger charge is 2.52. The van der Waals surface area contributed by atoms with Gasteiger partial charge in [0.15, 0.2) is 0 Å². The largest absolute Gasteiger partial charge is 0.466 e. The fraction of sp³-hybridized carbons (Fsp3) is 0.367. The lowest BCUT2D eigenvalue weighted by Gasteiger charge is -2.52. The van der Waals surface area contributed by atoms with Gasteiger partial charge in [0, 0.05) is 49.5 Å². The van der Waals surface area contributed by atoms with Crippen LogP contribution in [0.25, 0.3) is 0 Å². The lowest BCUT2D eigenvalue weighted by Crippen LogP contribution is -2.59. The number of aryl methyl sites for hydroxylation is 1. The lowest BCUT2D eigenvalue weighted by molar-refractivity contribution is -0.153. The second-order valence-corrected chi connectivity index (χ2v) is 10.3. The Morgan fingerprint density at radius 1 is 0.857 bits per heavy atom. The van der Waals surface area contributed by atoms with Gasteiger partial charge in [-0.15, -0.1) is 0 Å². The van der Waals surface area contributed by atoms with E-state index >= 15 is 0 Å². The predicted molar refractivity (Wildman–Crippen MR) is 135 cm³/mol. The van der Waals surface area contributed by atoms with E-state index < -0.39 is 5.72 Å². The average Bonchev–Trinajstić information content (AvgIpc) is 3.36. The van der Waals surface area contributed by atoms with Crippen LogP contribution < -0.4 is 4.74 Å². The molecule has 0 aromatic heterocycles. The third kappa shape index (κ3) is 3.40.